The van der Waals surface area contributed by atoms with Gasteiger partial charge in [-0.1, -0.05) is 28.1 Å². The van der Waals surface area contributed by atoms with Gasteiger partial charge in [-0.25, -0.2) is 13.6 Å². The molecule has 8 heteroatoms. The number of carbonyl (C=O) groups is 1. The molecule has 0 saturated heterocycles. The zero-order chi connectivity index (χ0) is 19.8. The van der Waals surface area contributed by atoms with Crippen molar-refractivity contribution in [1.29, 1.82) is 0 Å². The fraction of sp³-hybridized carbons (Fsp3) is 0.316. The van der Waals surface area contributed by atoms with Crippen molar-refractivity contribution < 1.29 is 13.2 Å². The summed E-state index contributed by atoms with van der Waals surface area (Å²) in [6, 6.07) is 9.89. The number of sulfonamides is 1. The normalized spacial score (nSPS) is 20.4. The van der Waals surface area contributed by atoms with Gasteiger partial charge in [0.05, 0.1) is 16.1 Å². The summed E-state index contributed by atoms with van der Waals surface area (Å²) in [7, 11) is -3.77. The number of halogens is 1. The van der Waals surface area contributed by atoms with Crippen LogP contribution in [0.15, 0.2) is 41.3 Å². The van der Waals surface area contributed by atoms with Crippen molar-refractivity contribution in [2.24, 2.45) is 10.9 Å². The van der Waals surface area contributed by atoms with Crippen LogP contribution in [0.1, 0.15) is 47.5 Å². The average molecular weight is 452 g/mol. The van der Waals surface area contributed by atoms with Crippen LogP contribution in [0.4, 0.5) is 5.69 Å². The first-order valence-electron chi connectivity index (χ1n) is 8.67. The Morgan fingerprint density at radius 1 is 1.04 bits per heavy atom. The SMILES string of the molecule is NC(=O)c1cc(C2CCC(Br)CC2)cc(-c2ccc(S(N)(=O)=O)cc2)c1N. The van der Waals surface area contributed by atoms with Gasteiger partial charge in [-0.15, -0.1) is 0 Å². The number of benzene rings is 2. The number of nitrogen functional groups attached to an aromatic ring is 1. The van der Waals surface area contributed by atoms with Gasteiger partial charge in [0.2, 0.25) is 10.0 Å². The number of hydrogen-bond donors (Lipinski definition) is 3. The van der Waals surface area contributed by atoms with Crippen LogP contribution in [0.2, 0.25) is 0 Å². The van der Waals surface area contributed by atoms with E-state index in [0.29, 0.717) is 33.1 Å². The van der Waals surface area contributed by atoms with E-state index in [1.807, 2.05) is 6.07 Å². The Bertz CT molecular complexity index is 966. The molecule has 1 fully saturated rings. The van der Waals surface area contributed by atoms with Crippen LogP contribution in [0.25, 0.3) is 11.1 Å². The van der Waals surface area contributed by atoms with Gasteiger partial charge in [-0.3, -0.25) is 4.79 Å². The van der Waals surface area contributed by atoms with Crippen LogP contribution in [-0.2, 0) is 10.0 Å². The smallest absolute Gasteiger partial charge is 0.250 e. The molecule has 0 bridgehead atoms. The van der Waals surface area contributed by atoms with E-state index in [1.165, 1.54) is 12.1 Å². The van der Waals surface area contributed by atoms with Crippen molar-refractivity contribution >= 4 is 37.5 Å². The number of primary amides is 1. The maximum Gasteiger partial charge on any atom is 0.250 e. The van der Waals surface area contributed by atoms with Gasteiger partial charge in [0.15, 0.2) is 0 Å². The maximum atomic E-state index is 11.9. The molecule has 144 valence electrons. The minimum atomic E-state index is -3.77. The van der Waals surface area contributed by atoms with Crippen LogP contribution in [0.3, 0.4) is 0 Å². The number of anilines is 1. The van der Waals surface area contributed by atoms with E-state index >= 15 is 0 Å². The van der Waals surface area contributed by atoms with Crippen molar-refractivity contribution in [2.45, 2.75) is 41.3 Å². The summed E-state index contributed by atoms with van der Waals surface area (Å²) in [6.45, 7) is 0. The topological polar surface area (TPSA) is 129 Å². The Labute approximate surface area is 167 Å². The molecule has 6 nitrogen and oxygen atoms in total. The van der Waals surface area contributed by atoms with E-state index in [-0.39, 0.29) is 4.90 Å². The molecular formula is C19H22BrN3O3S. The molecule has 0 aliphatic heterocycles. The third kappa shape index (κ3) is 4.34. The molecule has 0 spiro atoms. The lowest BCUT2D eigenvalue weighted by Crippen LogP contribution is -2.17. The van der Waals surface area contributed by atoms with E-state index in [0.717, 1.165) is 31.2 Å². The van der Waals surface area contributed by atoms with Gasteiger partial charge < -0.3 is 11.5 Å². The molecule has 0 heterocycles. The van der Waals surface area contributed by atoms with Crippen molar-refractivity contribution in [3.8, 4) is 11.1 Å². The standard InChI is InChI=1S/C19H22BrN3O3S/c20-14-5-1-11(2-6-14)13-9-16(18(21)17(10-13)19(22)24)12-3-7-15(8-4-12)27(23,25)26/h3-4,7-11,14H,1-2,5-6,21H2,(H2,22,24)(H2,23,25,26). The van der Waals surface area contributed by atoms with Gasteiger partial charge in [-0.05, 0) is 67.0 Å². The number of amides is 1. The van der Waals surface area contributed by atoms with Crippen molar-refractivity contribution in [3.05, 3.63) is 47.5 Å². The molecule has 2 aromatic rings. The van der Waals surface area contributed by atoms with Gasteiger partial charge in [-0.2, -0.15) is 0 Å². The first kappa shape index (κ1) is 19.9. The number of hydrogen-bond acceptors (Lipinski definition) is 4. The lowest BCUT2D eigenvalue weighted by molar-refractivity contribution is 0.100. The summed E-state index contributed by atoms with van der Waals surface area (Å²) in [6.07, 6.45) is 4.17. The number of rotatable bonds is 4. The molecule has 0 aromatic heterocycles. The second kappa shape index (κ2) is 7.61. The minimum Gasteiger partial charge on any atom is -0.398 e. The highest BCUT2D eigenvalue weighted by Gasteiger charge is 2.23. The number of nitrogens with two attached hydrogens (primary N) is 3. The number of alkyl halides is 1. The van der Waals surface area contributed by atoms with Crippen LogP contribution < -0.4 is 16.6 Å². The van der Waals surface area contributed by atoms with Crippen LogP contribution in [-0.4, -0.2) is 19.2 Å². The predicted molar refractivity (Wildman–Crippen MR) is 110 cm³/mol. The molecule has 1 aliphatic carbocycles. The first-order valence-corrected chi connectivity index (χ1v) is 11.1. The quantitative estimate of drug-likeness (QED) is 0.486. The van der Waals surface area contributed by atoms with Gasteiger partial charge in [0.25, 0.3) is 5.91 Å². The fourth-order valence-electron chi connectivity index (χ4n) is 3.56. The molecule has 3 rings (SSSR count). The molecule has 0 unspecified atom stereocenters. The summed E-state index contributed by atoms with van der Waals surface area (Å²) in [4.78, 5) is 12.5. The summed E-state index contributed by atoms with van der Waals surface area (Å²) in [5.41, 5.74) is 14.7. The zero-order valence-electron chi connectivity index (χ0n) is 14.7. The molecule has 6 N–H and O–H groups in total. The third-order valence-corrected chi connectivity index (χ3v) is 6.93. The Balaban J connectivity index is 2.07. The van der Waals surface area contributed by atoms with Crippen LogP contribution in [0, 0.1) is 0 Å². The third-order valence-electron chi connectivity index (χ3n) is 5.09. The molecule has 1 aliphatic rings. The Kier molecular flexibility index (Phi) is 5.60. The van der Waals surface area contributed by atoms with Crippen LogP contribution >= 0.6 is 15.9 Å². The van der Waals surface area contributed by atoms with Gasteiger partial charge in [0, 0.05) is 10.4 Å². The summed E-state index contributed by atoms with van der Waals surface area (Å²) < 4.78 is 22.9. The molecule has 0 atom stereocenters. The molecule has 1 amide bonds. The number of carbonyl (C=O) groups excluding carboxylic acids is 1. The summed E-state index contributed by atoms with van der Waals surface area (Å²) in [5, 5.41) is 5.15. The highest BCUT2D eigenvalue weighted by molar-refractivity contribution is 9.09. The van der Waals surface area contributed by atoms with Gasteiger partial charge in [0.1, 0.15) is 0 Å². The molecular weight excluding hydrogens is 430 g/mol. The lowest BCUT2D eigenvalue weighted by Gasteiger charge is -2.26. The average Bonchev–Trinajstić information content (AvgIpc) is 2.62. The predicted octanol–water partition coefficient (Wildman–Crippen LogP) is 3.10. The molecule has 1 saturated carbocycles. The first-order chi connectivity index (χ1) is 12.7. The van der Waals surface area contributed by atoms with Crippen molar-refractivity contribution in [3.63, 3.8) is 0 Å². The second-order valence-electron chi connectivity index (χ2n) is 6.91. The van der Waals surface area contributed by atoms with E-state index in [9.17, 15) is 13.2 Å². The Morgan fingerprint density at radius 2 is 1.63 bits per heavy atom. The monoisotopic (exact) mass is 451 g/mol. The minimum absolute atomic E-state index is 0.0201. The summed E-state index contributed by atoms with van der Waals surface area (Å²) in [5.74, 6) is -0.245. The Hall–Kier alpha value is -1.90. The highest BCUT2D eigenvalue weighted by Crippen LogP contribution is 2.39. The van der Waals surface area contributed by atoms with Crippen LogP contribution in [0.5, 0.6) is 0 Å². The fourth-order valence-corrected chi connectivity index (χ4v) is 4.61. The van der Waals surface area contributed by atoms with E-state index in [2.05, 4.69) is 15.9 Å². The highest BCUT2D eigenvalue weighted by atomic mass is 79.9. The lowest BCUT2D eigenvalue weighted by atomic mass is 9.82. The Morgan fingerprint density at radius 3 is 2.15 bits per heavy atom. The number of primary sulfonamides is 1. The largest absolute Gasteiger partial charge is 0.398 e. The van der Waals surface area contributed by atoms with Crippen molar-refractivity contribution in [2.75, 3.05) is 5.73 Å². The van der Waals surface area contributed by atoms with E-state index in [1.54, 1.807) is 18.2 Å². The van der Waals surface area contributed by atoms with Crippen molar-refractivity contribution in [1.82, 2.24) is 0 Å². The molecule has 27 heavy (non-hydrogen) atoms. The zero-order valence-corrected chi connectivity index (χ0v) is 17.1. The van der Waals surface area contributed by atoms with Gasteiger partial charge >= 0.3 is 0 Å². The van der Waals surface area contributed by atoms with E-state index < -0.39 is 15.9 Å². The van der Waals surface area contributed by atoms with E-state index in [4.69, 9.17) is 16.6 Å². The second-order valence-corrected chi connectivity index (χ2v) is 9.77. The molecule has 2 aromatic carbocycles. The molecule has 0 radical (unpaired) electrons. The summed E-state index contributed by atoms with van der Waals surface area (Å²) >= 11 is 3.66. The maximum absolute atomic E-state index is 11.9.